The summed E-state index contributed by atoms with van der Waals surface area (Å²) in [6.45, 7) is 2.50. The summed E-state index contributed by atoms with van der Waals surface area (Å²) in [5.41, 5.74) is 1.58. The van der Waals surface area contributed by atoms with Crippen molar-refractivity contribution in [2.24, 2.45) is 0 Å². The van der Waals surface area contributed by atoms with E-state index in [1.54, 1.807) is 11.0 Å². The average molecular weight is 416 g/mol. The summed E-state index contributed by atoms with van der Waals surface area (Å²) in [5.74, 6) is 0.623. The number of para-hydroxylation sites is 1. The van der Waals surface area contributed by atoms with Crippen LogP contribution in [0.5, 0.6) is 5.75 Å². The highest BCUT2D eigenvalue weighted by molar-refractivity contribution is 7.91. The molecule has 0 N–H and O–H groups in total. The quantitative estimate of drug-likeness (QED) is 0.587. The number of unbranched alkanes of at least 4 members (excludes halogenated alkanes) is 1. The zero-order chi connectivity index (χ0) is 20.4. The number of rotatable bonds is 7. The molecule has 154 valence electrons. The molecular weight excluding hydrogens is 390 g/mol. The molecule has 0 saturated carbocycles. The van der Waals surface area contributed by atoms with Crippen LogP contribution in [0, 0.1) is 0 Å². The molecule has 4 rings (SSSR count). The van der Waals surface area contributed by atoms with Gasteiger partial charge in [0.2, 0.25) is 0 Å². The van der Waals surface area contributed by atoms with Gasteiger partial charge in [-0.2, -0.15) is 0 Å². The molecule has 1 atom stereocenters. The second-order valence-corrected chi connectivity index (χ2v) is 9.77. The van der Waals surface area contributed by atoms with E-state index in [4.69, 9.17) is 9.15 Å². The number of amides is 1. The molecular formula is C22H25NO5S. The number of furan rings is 1. The van der Waals surface area contributed by atoms with Gasteiger partial charge in [-0.25, -0.2) is 8.42 Å². The van der Waals surface area contributed by atoms with Crippen LogP contribution in [0.1, 0.15) is 26.2 Å². The lowest BCUT2D eigenvalue weighted by atomic mass is 10.1. The normalized spacial score (nSPS) is 18.3. The van der Waals surface area contributed by atoms with Crippen LogP contribution >= 0.6 is 0 Å². The topological polar surface area (TPSA) is 76.8 Å². The Morgan fingerprint density at radius 2 is 1.97 bits per heavy atom. The number of hydrogen-bond donors (Lipinski definition) is 0. The fraction of sp³-hybridized carbons (Fsp3) is 0.409. The number of nitrogens with zero attached hydrogens (tertiary/aromatic N) is 1. The van der Waals surface area contributed by atoms with E-state index >= 15 is 0 Å². The summed E-state index contributed by atoms with van der Waals surface area (Å²) in [6.07, 6.45) is 2.29. The Hall–Kier alpha value is -2.54. The van der Waals surface area contributed by atoms with Crippen LogP contribution in [-0.2, 0) is 14.6 Å². The van der Waals surface area contributed by atoms with Crippen LogP contribution in [0.2, 0.25) is 0 Å². The molecule has 1 aliphatic heterocycles. The number of carbonyl (C=O) groups excluding carboxylic acids is 1. The van der Waals surface area contributed by atoms with E-state index in [9.17, 15) is 13.2 Å². The Kier molecular flexibility index (Phi) is 5.50. The fourth-order valence-electron chi connectivity index (χ4n) is 3.88. The number of fused-ring (bicyclic) bond motifs is 3. The first-order valence-electron chi connectivity index (χ1n) is 10.0. The van der Waals surface area contributed by atoms with Crippen molar-refractivity contribution in [3.63, 3.8) is 0 Å². The maximum absolute atomic E-state index is 12.8. The number of carbonyl (C=O) groups is 1. The van der Waals surface area contributed by atoms with Crippen molar-refractivity contribution in [2.75, 3.05) is 24.7 Å². The van der Waals surface area contributed by atoms with E-state index in [0.717, 1.165) is 34.8 Å². The Balaban J connectivity index is 1.48. The van der Waals surface area contributed by atoms with Crippen molar-refractivity contribution < 1.29 is 22.4 Å². The van der Waals surface area contributed by atoms with E-state index in [1.807, 2.05) is 36.4 Å². The van der Waals surface area contributed by atoms with Crippen molar-refractivity contribution in [1.29, 1.82) is 0 Å². The largest absolute Gasteiger partial charge is 0.484 e. The molecule has 0 unspecified atom stereocenters. The van der Waals surface area contributed by atoms with E-state index in [0.29, 0.717) is 18.7 Å². The van der Waals surface area contributed by atoms with Crippen LogP contribution in [-0.4, -0.2) is 49.9 Å². The Morgan fingerprint density at radius 3 is 2.72 bits per heavy atom. The first kappa shape index (κ1) is 19.8. The predicted molar refractivity (Wildman–Crippen MR) is 113 cm³/mol. The molecule has 7 heteroatoms. The van der Waals surface area contributed by atoms with Gasteiger partial charge >= 0.3 is 0 Å². The van der Waals surface area contributed by atoms with Crippen molar-refractivity contribution in [3.8, 4) is 5.75 Å². The van der Waals surface area contributed by atoms with Crippen LogP contribution < -0.4 is 4.74 Å². The summed E-state index contributed by atoms with van der Waals surface area (Å²) >= 11 is 0. The SMILES string of the molecule is CCCCN(C(=O)COc1ccc2oc3ccccc3c2c1)[C@@H]1CCS(=O)(=O)C1. The van der Waals surface area contributed by atoms with Gasteiger partial charge < -0.3 is 14.1 Å². The monoisotopic (exact) mass is 415 g/mol. The van der Waals surface area contributed by atoms with Crippen LogP contribution in [0.15, 0.2) is 46.9 Å². The van der Waals surface area contributed by atoms with Gasteiger partial charge in [0.25, 0.3) is 5.91 Å². The Labute approximate surface area is 170 Å². The van der Waals surface area contributed by atoms with E-state index in [-0.39, 0.29) is 30.1 Å². The lowest BCUT2D eigenvalue weighted by Gasteiger charge is -2.28. The van der Waals surface area contributed by atoms with Crippen LogP contribution in [0.3, 0.4) is 0 Å². The maximum Gasteiger partial charge on any atom is 0.260 e. The van der Waals surface area contributed by atoms with Crippen molar-refractivity contribution >= 4 is 37.7 Å². The highest BCUT2D eigenvalue weighted by atomic mass is 32.2. The predicted octanol–water partition coefficient (Wildman–Crippen LogP) is 3.78. The molecule has 0 radical (unpaired) electrons. The molecule has 0 bridgehead atoms. The highest BCUT2D eigenvalue weighted by Crippen LogP contribution is 2.31. The minimum absolute atomic E-state index is 0.0510. The van der Waals surface area contributed by atoms with Gasteiger partial charge in [-0.15, -0.1) is 0 Å². The molecule has 1 aliphatic rings. The zero-order valence-corrected chi connectivity index (χ0v) is 17.3. The maximum atomic E-state index is 12.8. The van der Waals surface area contributed by atoms with Gasteiger partial charge in [0.15, 0.2) is 16.4 Å². The molecule has 1 aromatic heterocycles. The Bertz CT molecular complexity index is 1130. The summed E-state index contributed by atoms with van der Waals surface area (Å²) < 4.78 is 35.3. The molecule has 2 heterocycles. The third-order valence-corrected chi connectivity index (χ3v) is 7.18. The third kappa shape index (κ3) is 4.24. The average Bonchev–Trinajstić information content (AvgIpc) is 3.26. The fourth-order valence-corrected chi connectivity index (χ4v) is 5.61. The Morgan fingerprint density at radius 1 is 1.17 bits per heavy atom. The third-order valence-electron chi connectivity index (χ3n) is 5.43. The standard InChI is InChI=1S/C22H25NO5S/c1-2-3-11-23(16-10-12-29(25,26)15-16)22(24)14-27-17-8-9-21-19(13-17)18-6-4-5-7-20(18)28-21/h4-9,13,16H,2-3,10-12,14-15H2,1H3/t16-/m1/s1. The second kappa shape index (κ2) is 8.06. The molecule has 1 amide bonds. The molecule has 2 aromatic carbocycles. The van der Waals surface area contributed by atoms with Crippen molar-refractivity contribution in [3.05, 3.63) is 42.5 Å². The van der Waals surface area contributed by atoms with E-state index in [1.165, 1.54) is 0 Å². The van der Waals surface area contributed by atoms with E-state index < -0.39 is 9.84 Å². The molecule has 6 nitrogen and oxygen atoms in total. The lowest BCUT2D eigenvalue weighted by molar-refractivity contribution is -0.135. The molecule has 0 aliphatic carbocycles. The van der Waals surface area contributed by atoms with E-state index in [2.05, 4.69) is 6.92 Å². The van der Waals surface area contributed by atoms with Gasteiger partial charge in [-0.3, -0.25) is 4.79 Å². The molecule has 1 fully saturated rings. The van der Waals surface area contributed by atoms with Gasteiger partial charge in [-0.05, 0) is 37.1 Å². The summed E-state index contributed by atoms with van der Waals surface area (Å²) in [7, 11) is -3.05. The van der Waals surface area contributed by atoms with Gasteiger partial charge in [0.1, 0.15) is 16.9 Å². The van der Waals surface area contributed by atoms with Gasteiger partial charge in [-0.1, -0.05) is 31.5 Å². The van der Waals surface area contributed by atoms with Crippen molar-refractivity contribution in [2.45, 2.75) is 32.2 Å². The molecule has 3 aromatic rings. The minimum Gasteiger partial charge on any atom is -0.484 e. The molecule has 29 heavy (non-hydrogen) atoms. The summed E-state index contributed by atoms with van der Waals surface area (Å²) in [4.78, 5) is 14.5. The second-order valence-electron chi connectivity index (χ2n) is 7.54. The van der Waals surface area contributed by atoms with Crippen LogP contribution in [0.25, 0.3) is 21.9 Å². The lowest BCUT2D eigenvalue weighted by Crippen LogP contribution is -2.44. The minimum atomic E-state index is -3.05. The first-order valence-corrected chi connectivity index (χ1v) is 11.8. The number of benzene rings is 2. The summed E-state index contributed by atoms with van der Waals surface area (Å²) in [5, 5.41) is 1.94. The van der Waals surface area contributed by atoms with Crippen LogP contribution in [0.4, 0.5) is 0 Å². The van der Waals surface area contributed by atoms with Gasteiger partial charge in [0, 0.05) is 23.4 Å². The molecule has 1 saturated heterocycles. The number of ether oxygens (including phenoxy) is 1. The van der Waals surface area contributed by atoms with Crippen molar-refractivity contribution in [1.82, 2.24) is 4.90 Å². The smallest absolute Gasteiger partial charge is 0.260 e. The zero-order valence-electron chi connectivity index (χ0n) is 16.5. The molecule has 0 spiro atoms. The summed E-state index contributed by atoms with van der Waals surface area (Å²) in [6, 6.07) is 13.0. The number of hydrogen-bond acceptors (Lipinski definition) is 5. The first-order chi connectivity index (χ1) is 14.0. The number of sulfone groups is 1. The highest BCUT2D eigenvalue weighted by Gasteiger charge is 2.34. The van der Waals surface area contributed by atoms with Gasteiger partial charge in [0.05, 0.1) is 11.5 Å².